The second-order valence-corrected chi connectivity index (χ2v) is 4.84. The molecule has 16 heavy (non-hydrogen) atoms. The largest absolute Gasteiger partial charge is 0.0991 e. The van der Waals surface area contributed by atoms with E-state index in [2.05, 4.69) is 36.6 Å². The van der Waals surface area contributed by atoms with Crippen LogP contribution in [0.4, 0.5) is 0 Å². The molecule has 0 nitrogen and oxygen atoms in total. The van der Waals surface area contributed by atoms with Gasteiger partial charge in [0.15, 0.2) is 0 Å². The molecule has 0 radical (unpaired) electrons. The van der Waals surface area contributed by atoms with Gasteiger partial charge in [0.2, 0.25) is 0 Å². The third-order valence-corrected chi connectivity index (χ3v) is 3.61. The second kappa shape index (κ2) is 5.63. The Morgan fingerprint density at radius 2 is 2.25 bits per heavy atom. The van der Waals surface area contributed by atoms with Crippen molar-refractivity contribution in [3.8, 4) is 11.8 Å². The summed E-state index contributed by atoms with van der Waals surface area (Å²) in [7, 11) is 0. The Morgan fingerprint density at radius 1 is 1.31 bits per heavy atom. The molecule has 1 aliphatic heterocycles. The van der Waals surface area contributed by atoms with E-state index in [-0.39, 0.29) is 0 Å². The van der Waals surface area contributed by atoms with Gasteiger partial charge in [-0.2, -0.15) is 0 Å². The molecule has 0 bridgehead atoms. The average molecular weight is 226 g/mol. The monoisotopic (exact) mass is 226 g/mol. The average Bonchev–Trinajstić information content (AvgIpc) is 2.61. The molecule has 1 heterocycles. The number of rotatable bonds is 2. The summed E-state index contributed by atoms with van der Waals surface area (Å²) in [5.74, 6) is 6.34. The molecule has 80 valence electrons. The lowest BCUT2D eigenvalue weighted by atomic mass is 10.1. The first-order chi connectivity index (χ1) is 7.90. The quantitative estimate of drug-likeness (QED) is 0.498. The summed E-state index contributed by atoms with van der Waals surface area (Å²) >= 11 is 1.87. The minimum absolute atomic E-state index is 0.886. The maximum absolute atomic E-state index is 3.66. The molecule has 0 unspecified atom stereocenters. The van der Waals surface area contributed by atoms with Crippen molar-refractivity contribution in [1.82, 2.24) is 0 Å². The van der Waals surface area contributed by atoms with E-state index in [9.17, 15) is 0 Å². The summed E-state index contributed by atoms with van der Waals surface area (Å²) in [5.41, 5.74) is 1.44. The standard InChI is InChI=1S/C15H14S/c1-2-3-6-10-14-12-13-9-7-4-5-8-11-15(13)16-14/h2-3,6-7,9-10H,1,4,11-12H2/b6-3-,9-7?,14-10+. The van der Waals surface area contributed by atoms with Crippen molar-refractivity contribution in [2.24, 2.45) is 0 Å². The minimum atomic E-state index is 0.886. The van der Waals surface area contributed by atoms with Gasteiger partial charge in [-0.1, -0.05) is 66.6 Å². The number of thioether (sulfide) groups is 1. The lowest BCUT2D eigenvalue weighted by Crippen LogP contribution is -1.79. The predicted octanol–water partition coefficient (Wildman–Crippen LogP) is 4.36. The maximum atomic E-state index is 3.66. The molecule has 1 heteroatoms. The summed E-state index contributed by atoms with van der Waals surface area (Å²) in [4.78, 5) is 2.82. The van der Waals surface area contributed by atoms with Crippen molar-refractivity contribution in [2.75, 3.05) is 0 Å². The van der Waals surface area contributed by atoms with Crippen LogP contribution in [0, 0.1) is 11.8 Å². The molecular weight excluding hydrogens is 212 g/mol. The van der Waals surface area contributed by atoms with Gasteiger partial charge in [-0.3, -0.25) is 0 Å². The van der Waals surface area contributed by atoms with Crippen molar-refractivity contribution in [1.29, 1.82) is 0 Å². The maximum Gasteiger partial charge on any atom is 0.0406 e. The predicted molar refractivity (Wildman–Crippen MR) is 72.8 cm³/mol. The van der Waals surface area contributed by atoms with E-state index in [0.717, 1.165) is 19.3 Å². The summed E-state index contributed by atoms with van der Waals surface area (Å²) in [5, 5.41) is 0. The van der Waals surface area contributed by atoms with Gasteiger partial charge in [0, 0.05) is 24.2 Å². The van der Waals surface area contributed by atoms with E-state index in [0.29, 0.717) is 0 Å². The smallest absolute Gasteiger partial charge is 0.0406 e. The molecule has 0 aromatic rings. The highest BCUT2D eigenvalue weighted by Gasteiger charge is 2.16. The van der Waals surface area contributed by atoms with E-state index in [1.807, 2.05) is 23.9 Å². The van der Waals surface area contributed by atoms with Gasteiger partial charge < -0.3 is 0 Å². The number of hydrogen-bond acceptors (Lipinski definition) is 1. The van der Waals surface area contributed by atoms with Crippen LogP contribution >= 0.6 is 11.8 Å². The Labute approximate surface area is 102 Å². The zero-order chi connectivity index (χ0) is 11.2. The van der Waals surface area contributed by atoms with Crippen LogP contribution in [0.25, 0.3) is 0 Å². The Kier molecular flexibility index (Phi) is 3.91. The van der Waals surface area contributed by atoms with Crippen molar-refractivity contribution in [2.45, 2.75) is 19.3 Å². The van der Waals surface area contributed by atoms with Crippen LogP contribution in [0.2, 0.25) is 0 Å². The number of hydrogen-bond donors (Lipinski definition) is 0. The lowest BCUT2D eigenvalue weighted by Gasteiger charge is -1.97. The van der Waals surface area contributed by atoms with Gasteiger partial charge in [-0.15, -0.1) is 0 Å². The molecule has 0 saturated heterocycles. The molecule has 2 aliphatic rings. The summed E-state index contributed by atoms with van der Waals surface area (Å²) in [6.45, 7) is 3.66. The van der Waals surface area contributed by atoms with E-state index in [4.69, 9.17) is 0 Å². The van der Waals surface area contributed by atoms with Gasteiger partial charge in [0.1, 0.15) is 0 Å². The van der Waals surface area contributed by atoms with Crippen LogP contribution in [0.3, 0.4) is 0 Å². The minimum Gasteiger partial charge on any atom is -0.0991 e. The van der Waals surface area contributed by atoms with Gasteiger partial charge in [0.05, 0.1) is 0 Å². The summed E-state index contributed by atoms with van der Waals surface area (Å²) < 4.78 is 0. The van der Waals surface area contributed by atoms with Crippen LogP contribution in [-0.4, -0.2) is 0 Å². The third-order valence-electron chi connectivity index (χ3n) is 2.42. The van der Waals surface area contributed by atoms with Crippen molar-refractivity contribution < 1.29 is 0 Å². The van der Waals surface area contributed by atoms with Gasteiger partial charge in [-0.25, -0.2) is 0 Å². The summed E-state index contributed by atoms with van der Waals surface area (Å²) in [6.07, 6.45) is 15.2. The fraction of sp³-hybridized carbons (Fsp3) is 0.200. The van der Waals surface area contributed by atoms with Gasteiger partial charge >= 0.3 is 0 Å². The van der Waals surface area contributed by atoms with Crippen LogP contribution in [-0.2, 0) is 0 Å². The lowest BCUT2D eigenvalue weighted by molar-refractivity contribution is 1.22. The Balaban J connectivity index is 2.11. The highest BCUT2D eigenvalue weighted by atomic mass is 32.2. The molecule has 0 spiro atoms. The van der Waals surface area contributed by atoms with E-state index < -0.39 is 0 Å². The van der Waals surface area contributed by atoms with E-state index in [1.165, 1.54) is 15.4 Å². The van der Waals surface area contributed by atoms with Gasteiger partial charge in [0.25, 0.3) is 0 Å². The van der Waals surface area contributed by atoms with Crippen molar-refractivity contribution in [3.63, 3.8) is 0 Å². The first-order valence-electron chi connectivity index (χ1n) is 5.40. The first-order valence-corrected chi connectivity index (χ1v) is 6.22. The number of allylic oxidation sites excluding steroid dienone is 9. The molecule has 0 aromatic carbocycles. The van der Waals surface area contributed by atoms with E-state index >= 15 is 0 Å². The molecule has 0 atom stereocenters. The topological polar surface area (TPSA) is 0 Å². The fourth-order valence-electron chi connectivity index (χ4n) is 1.66. The van der Waals surface area contributed by atoms with Crippen molar-refractivity contribution >= 4 is 11.8 Å². The fourth-order valence-corrected chi connectivity index (χ4v) is 2.76. The zero-order valence-electron chi connectivity index (χ0n) is 9.20. The molecular formula is C15H14S. The molecule has 0 aromatic heterocycles. The van der Waals surface area contributed by atoms with E-state index in [1.54, 1.807) is 6.08 Å². The SMILES string of the molecule is C=C/C=C\C=C1/CC2=C(CC#CCC=C2)S1. The molecule has 0 amide bonds. The van der Waals surface area contributed by atoms with Crippen LogP contribution in [0.15, 0.2) is 58.4 Å². The summed E-state index contributed by atoms with van der Waals surface area (Å²) in [6, 6.07) is 0. The zero-order valence-corrected chi connectivity index (χ0v) is 10.0. The first kappa shape index (κ1) is 11.1. The van der Waals surface area contributed by atoms with Crippen LogP contribution in [0.5, 0.6) is 0 Å². The Hall–Kier alpha value is -1.39. The normalized spacial score (nSPS) is 21.6. The Bertz CT molecular complexity index is 461. The van der Waals surface area contributed by atoms with Crippen LogP contribution < -0.4 is 0 Å². The van der Waals surface area contributed by atoms with Crippen LogP contribution in [0.1, 0.15) is 19.3 Å². The molecule has 0 N–H and O–H groups in total. The van der Waals surface area contributed by atoms with Gasteiger partial charge in [-0.05, 0) is 10.5 Å². The molecule has 0 saturated carbocycles. The molecule has 0 fully saturated rings. The Morgan fingerprint density at radius 3 is 3.12 bits per heavy atom. The third kappa shape index (κ3) is 2.81. The highest BCUT2D eigenvalue weighted by molar-refractivity contribution is 8.07. The van der Waals surface area contributed by atoms with Crippen molar-refractivity contribution in [3.05, 3.63) is 58.4 Å². The molecule has 1 aliphatic carbocycles. The molecule has 2 rings (SSSR count). The highest BCUT2D eigenvalue weighted by Crippen LogP contribution is 2.43. The second-order valence-electron chi connectivity index (χ2n) is 3.62.